The number of anilines is 1. The lowest BCUT2D eigenvalue weighted by Crippen LogP contribution is -2.32. The summed E-state index contributed by atoms with van der Waals surface area (Å²) in [5, 5.41) is 8.10. The third-order valence-electron chi connectivity index (χ3n) is 5.88. The van der Waals surface area contributed by atoms with E-state index in [1.807, 2.05) is 48.5 Å². The van der Waals surface area contributed by atoms with Crippen LogP contribution < -0.4 is 21.5 Å². The molecule has 2 unspecified atom stereocenters. The van der Waals surface area contributed by atoms with E-state index < -0.39 is 12.2 Å². The molecule has 1 fully saturated rings. The van der Waals surface area contributed by atoms with Crippen LogP contribution >= 0.6 is 0 Å². The van der Waals surface area contributed by atoms with Gasteiger partial charge in [-0.2, -0.15) is 5.10 Å². The number of halogens is 1. The largest absolute Gasteiger partial charge is 0.496 e. The number of rotatable bonds is 8. The number of nitrogen functional groups attached to an aromatic ring is 1. The van der Waals surface area contributed by atoms with Gasteiger partial charge in [0.15, 0.2) is 0 Å². The smallest absolute Gasteiger partial charge is 0.146 e. The highest BCUT2D eigenvalue weighted by molar-refractivity contribution is 5.68. The molecule has 0 saturated carbocycles. The van der Waals surface area contributed by atoms with Gasteiger partial charge < -0.3 is 26.3 Å². The Morgan fingerprint density at radius 2 is 1.97 bits per heavy atom. The Hall–Kier alpha value is -2.94. The van der Waals surface area contributed by atoms with Crippen LogP contribution in [0.2, 0.25) is 0 Å². The summed E-state index contributed by atoms with van der Waals surface area (Å²) in [6, 6.07) is 15.6. The molecular weight excluding hydrogens is 409 g/mol. The molecule has 1 saturated heterocycles. The minimum absolute atomic E-state index is 0.0633. The fourth-order valence-corrected chi connectivity index (χ4v) is 4.11. The Labute approximate surface area is 187 Å². The Balaban J connectivity index is 1.47. The van der Waals surface area contributed by atoms with Gasteiger partial charge in [-0.05, 0) is 18.1 Å². The molecule has 1 aromatic heterocycles. The number of hydrogen-bond acceptors (Lipinski definition) is 6. The number of aromatic nitrogens is 2. The highest BCUT2D eigenvalue weighted by Crippen LogP contribution is 2.33. The first-order chi connectivity index (χ1) is 15.6. The summed E-state index contributed by atoms with van der Waals surface area (Å²) < 4.78 is 26.6. The van der Waals surface area contributed by atoms with Gasteiger partial charge in [-0.15, -0.1) is 0 Å². The van der Waals surface area contributed by atoms with Crippen molar-refractivity contribution < 1.29 is 13.9 Å². The SMILES string of the molecule is COc1ccccc1CNCc1ccc(-c2nn(C3CCOCC3F)c(N)c2CN)cc1. The molecule has 7 nitrogen and oxygen atoms in total. The molecule has 4 rings (SSSR count). The number of benzene rings is 2. The number of nitrogens with zero attached hydrogens (tertiary/aromatic N) is 2. The van der Waals surface area contributed by atoms with Crippen molar-refractivity contribution in [3.05, 3.63) is 65.2 Å². The molecule has 0 amide bonds. The zero-order chi connectivity index (χ0) is 22.5. The predicted molar refractivity (Wildman–Crippen MR) is 123 cm³/mol. The normalized spacial score (nSPS) is 18.6. The van der Waals surface area contributed by atoms with Gasteiger partial charge in [-0.3, -0.25) is 0 Å². The highest BCUT2D eigenvalue weighted by Gasteiger charge is 2.31. The highest BCUT2D eigenvalue weighted by atomic mass is 19.1. The van der Waals surface area contributed by atoms with Crippen LogP contribution in [0.4, 0.5) is 10.2 Å². The van der Waals surface area contributed by atoms with E-state index in [9.17, 15) is 4.39 Å². The maximum Gasteiger partial charge on any atom is 0.146 e. The van der Waals surface area contributed by atoms with E-state index in [0.29, 0.717) is 37.6 Å². The molecule has 0 radical (unpaired) electrons. The van der Waals surface area contributed by atoms with E-state index in [4.69, 9.17) is 20.9 Å². The van der Waals surface area contributed by atoms with Crippen LogP contribution in [0.5, 0.6) is 5.75 Å². The summed E-state index contributed by atoms with van der Waals surface area (Å²) >= 11 is 0. The first-order valence-electron chi connectivity index (χ1n) is 10.8. The standard InChI is InChI=1S/C24H30FN5O2/c1-31-22-5-3-2-4-18(22)14-28-13-16-6-8-17(9-7-16)23-19(12-26)24(27)30(29-23)21-10-11-32-15-20(21)25/h2-9,20-21,28H,10-15,26-27H2,1H3. The lowest BCUT2D eigenvalue weighted by atomic mass is 10.0. The minimum atomic E-state index is -1.14. The van der Waals surface area contributed by atoms with Crippen LogP contribution in [-0.2, 0) is 24.4 Å². The molecule has 1 aliphatic rings. The van der Waals surface area contributed by atoms with Crippen LogP contribution in [0.15, 0.2) is 48.5 Å². The quantitative estimate of drug-likeness (QED) is 0.498. The molecule has 2 heterocycles. The molecule has 2 aromatic carbocycles. The summed E-state index contributed by atoms with van der Waals surface area (Å²) in [5.74, 6) is 1.30. The van der Waals surface area contributed by atoms with Gasteiger partial charge in [0.25, 0.3) is 0 Å². The van der Waals surface area contributed by atoms with Crippen molar-refractivity contribution in [1.29, 1.82) is 0 Å². The van der Waals surface area contributed by atoms with Crippen molar-refractivity contribution in [2.24, 2.45) is 5.73 Å². The maximum absolute atomic E-state index is 14.4. The van der Waals surface area contributed by atoms with E-state index >= 15 is 0 Å². The number of nitrogens with two attached hydrogens (primary N) is 2. The molecule has 1 aliphatic heterocycles. The second kappa shape index (κ2) is 10.1. The Kier molecular flexibility index (Phi) is 7.04. The number of hydrogen-bond donors (Lipinski definition) is 3. The molecule has 0 spiro atoms. The number of alkyl halides is 1. The Bertz CT molecular complexity index is 1040. The second-order valence-electron chi connectivity index (χ2n) is 7.92. The molecule has 0 aliphatic carbocycles. The summed E-state index contributed by atoms with van der Waals surface area (Å²) in [7, 11) is 1.68. The van der Waals surface area contributed by atoms with Gasteiger partial charge in [0.05, 0.1) is 25.5 Å². The molecular formula is C24H30FN5O2. The monoisotopic (exact) mass is 439 g/mol. The van der Waals surface area contributed by atoms with Crippen LogP contribution in [0.3, 0.4) is 0 Å². The van der Waals surface area contributed by atoms with E-state index in [-0.39, 0.29) is 13.2 Å². The number of ether oxygens (including phenoxy) is 2. The molecule has 5 N–H and O–H groups in total. The van der Waals surface area contributed by atoms with Gasteiger partial charge in [-0.1, -0.05) is 42.5 Å². The van der Waals surface area contributed by atoms with Gasteiger partial charge in [0, 0.05) is 42.9 Å². The molecule has 32 heavy (non-hydrogen) atoms. The minimum Gasteiger partial charge on any atom is -0.496 e. The van der Waals surface area contributed by atoms with E-state index in [1.54, 1.807) is 11.8 Å². The predicted octanol–water partition coefficient (Wildman–Crippen LogP) is 3.19. The fourth-order valence-electron chi connectivity index (χ4n) is 4.11. The number of para-hydroxylation sites is 1. The lowest BCUT2D eigenvalue weighted by molar-refractivity contribution is 0.000589. The summed E-state index contributed by atoms with van der Waals surface area (Å²) in [5.41, 5.74) is 16.9. The van der Waals surface area contributed by atoms with Crippen molar-refractivity contribution in [2.75, 3.05) is 26.1 Å². The topological polar surface area (TPSA) is 100 Å². The zero-order valence-electron chi connectivity index (χ0n) is 18.3. The molecule has 2 atom stereocenters. The van der Waals surface area contributed by atoms with Crippen LogP contribution in [-0.4, -0.2) is 36.3 Å². The Morgan fingerprint density at radius 3 is 2.69 bits per heavy atom. The van der Waals surface area contributed by atoms with E-state index in [2.05, 4.69) is 10.4 Å². The van der Waals surface area contributed by atoms with Crippen molar-refractivity contribution in [3.8, 4) is 17.0 Å². The second-order valence-corrected chi connectivity index (χ2v) is 7.92. The first kappa shape index (κ1) is 22.3. The fraction of sp³-hybridized carbons (Fsp3) is 0.375. The molecule has 8 heteroatoms. The average molecular weight is 440 g/mol. The van der Waals surface area contributed by atoms with Crippen molar-refractivity contribution >= 4 is 5.82 Å². The van der Waals surface area contributed by atoms with Gasteiger partial charge in [0.1, 0.15) is 17.7 Å². The van der Waals surface area contributed by atoms with Gasteiger partial charge >= 0.3 is 0 Å². The molecule has 3 aromatic rings. The van der Waals surface area contributed by atoms with Gasteiger partial charge in [-0.25, -0.2) is 9.07 Å². The van der Waals surface area contributed by atoms with Crippen molar-refractivity contribution in [2.45, 2.75) is 38.3 Å². The van der Waals surface area contributed by atoms with Crippen molar-refractivity contribution in [1.82, 2.24) is 15.1 Å². The Morgan fingerprint density at radius 1 is 1.19 bits per heavy atom. The average Bonchev–Trinajstić information content (AvgIpc) is 3.16. The third-order valence-corrected chi connectivity index (χ3v) is 5.88. The van der Waals surface area contributed by atoms with Crippen molar-refractivity contribution in [3.63, 3.8) is 0 Å². The van der Waals surface area contributed by atoms with E-state index in [0.717, 1.165) is 28.0 Å². The van der Waals surface area contributed by atoms with Crippen LogP contribution in [0.1, 0.15) is 29.2 Å². The third kappa shape index (κ3) is 4.62. The van der Waals surface area contributed by atoms with E-state index in [1.165, 1.54) is 0 Å². The summed E-state index contributed by atoms with van der Waals surface area (Å²) in [6.45, 7) is 2.22. The lowest BCUT2D eigenvalue weighted by Gasteiger charge is -2.27. The molecule has 0 bridgehead atoms. The van der Waals surface area contributed by atoms with Crippen LogP contribution in [0.25, 0.3) is 11.3 Å². The number of methoxy groups -OCH3 is 1. The number of nitrogens with one attached hydrogen (secondary N) is 1. The first-order valence-corrected chi connectivity index (χ1v) is 10.8. The molecule has 170 valence electrons. The summed E-state index contributed by atoms with van der Waals surface area (Å²) in [4.78, 5) is 0. The van der Waals surface area contributed by atoms with Gasteiger partial charge in [0.2, 0.25) is 0 Å². The van der Waals surface area contributed by atoms with Crippen LogP contribution in [0, 0.1) is 0 Å². The maximum atomic E-state index is 14.4. The summed E-state index contributed by atoms with van der Waals surface area (Å²) in [6.07, 6.45) is -0.603. The zero-order valence-corrected chi connectivity index (χ0v) is 18.3.